The molecule has 1 fully saturated rings. The zero-order valence-electron chi connectivity index (χ0n) is 11.3. The largest absolute Gasteiger partial charge is 0.368 e. The van der Waals surface area contributed by atoms with Crippen LogP contribution in [-0.4, -0.2) is 34.3 Å². The number of aromatic nitrogens is 1. The van der Waals surface area contributed by atoms with Crippen LogP contribution in [0.5, 0.6) is 0 Å². The van der Waals surface area contributed by atoms with Crippen molar-refractivity contribution >= 4 is 34.2 Å². The molecule has 1 aromatic heterocycles. The molecule has 2 aromatic rings. The van der Waals surface area contributed by atoms with Crippen molar-refractivity contribution in [2.24, 2.45) is 5.73 Å². The molecule has 108 valence electrons. The van der Waals surface area contributed by atoms with Gasteiger partial charge in [0.05, 0.1) is 0 Å². The summed E-state index contributed by atoms with van der Waals surface area (Å²) in [7, 11) is 0. The van der Waals surface area contributed by atoms with Crippen molar-refractivity contribution in [1.82, 2.24) is 9.88 Å². The highest BCUT2D eigenvalue weighted by Gasteiger charge is 2.34. The molecule has 2 amide bonds. The fourth-order valence-corrected chi connectivity index (χ4v) is 2.97. The Labute approximate surface area is 126 Å². The van der Waals surface area contributed by atoms with Gasteiger partial charge in [0.2, 0.25) is 5.91 Å². The molecule has 5 nitrogen and oxygen atoms in total. The standard InChI is InChI=1S/C15H14ClN3O2/c16-12-8-9-4-1-2-5-10(9)13(18-12)15(21)19-7-3-6-11(19)14(17)20/h1-2,4-5,8,11H,3,6-7H2,(H2,17,20). The molecule has 0 aliphatic carbocycles. The average Bonchev–Trinajstić information content (AvgIpc) is 2.95. The Morgan fingerprint density at radius 1 is 1.33 bits per heavy atom. The number of nitrogens with zero attached hydrogens (tertiary/aromatic N) is 2. The molecule has 2 N–H and O–H groups in total. The topological polar surface area (TPSA) is 76.3 Å². The van der Waals surface area contributed by atoms with Crippen LogP contribution in [0.2, 0.25) is 5.15 Å². The second-order valence-corrected chi connectivity index (χ2v) is 5.46. The van der Waals surface area contributed by atoms with E-state index >= 15 is 0 Å². The summed E-state index contributed by atoms with van der Waals surface area (Å²) in [4.78, 5) is 29.8. The van der Waals surface area contributed by atoms with Gasteiger partial charge < -0.3 is 10.6 Å². The maximum absolute atomic E-state index is 12.7. The summed E-state index contributed by atoms with van der Waals surface area (Å²) in [5, 5.41) is 1.82. The van der Waals surface area contributed by atoms with Crippen LogP contribution >= 0.6 is 11.6 Å². The molecule has 2 heterocycles. The van der Waals surface area contributed by atoms with E-state index in [1.165, 1.54) is 4.90 Å². The summed E-state index contributed by atoms with van der Waals surface area (Å²) in [5.41, 5.74) is 5.64. The first-order chi connectivity index (χ1) is 10.1. The maximum atomic E-state index is 12.7. The van der Waals surface area contributed by atoms with Crippen LogP contribution < -0.4 is 5.73 Å². The van der Waals surface area contributed by atoms with Gasteiger partial charge in [-0.3, -0.25) is 9.59 Å². The van der Waals surface area contributed by atoms with E-state index in [-0.39, 0.29) is 16.8 Å². The summed E-state index contributed by atoms with van der Waals surface area (Å²) in [6, 6.07) is 8.55. The predicted molar refractivity (Wildman–Crippen MR) is 80.0 cm³/mol. The molecule has 3 rings (SSSR count). The van der Waals surface area contributed by atoms with Crippen LogP contribution in [0.15, 0.2) is 30.3 Å². The second-order valence-electron chi connectivity index (χ2n) is 5.07. The summed E-state index contributed by atoms with van der Waals surface area (Å²) in [5.74, 6) is -0.776. The van der Waals surface area contributed by atoms with Crippen molar-refractivity contribution in [2.75, 3.05) is 6.54 Å². The van der Waals surface area contributed by atoms with E-state index < -0.39 is 11.9 Å². The minimum Gasteiger partial charge on any atom is -0.368 e. The molecule has 1 atom stereocenters. The minimum absolute atomic E-state index is 0.256. The molecule has 0 radical (unpaired) electrons. The third kappa shape index (κ3) is 2.45. The Hall–Kier alpha value is -2.14. The summed E-state index contributed by atoms with van der Waals surface area (Å²) < 4.78 is 0. The quantitative estimate of drug-likeness (QED) is 0.862. The first kappa shape index (κ1) is 13.8. The second kappa shape index (κ2) is 5.33. The molecular formula is C15H14ClN3O2. The van der Waals surface area contributed by atoms with Gasteiger partial charge >= 0.3 is 0 Å². The van der Waals surface area contributed by atoms with Crippen LogP contribution in [0.4, 0.5) is 0 Å². The molecule has 0 bridgehead atoms. The number of halogens is 1. The lowest BCUT2D eigenvalue weighted by molar-refractivity contribution is -0.121. The van der Waals surface area contributed by atoms with Gasteiger partial charge in [0.15, 0.2) is 0 Å². The number of carbonyl (C=O) groups is 2. The van der Waals surface area contributed by atoms with Crippen molar-refractivity contribution < 1.29 is 9.59 Å². The molecule has 1 aliphatic heterocycles. The zero-order chi connectivity index (χ0) is 15.0. The number of carbonyl (C=O) groups excluding carboxylic acids is 2. The third-order valence-electron chi connectivity index (χ3n) is 3.75. The normalized spacial score (nSPS) is 18.1. The van der Waals surface area contributed by atoms with Crippen molar-refractivity contribution in [1.29, 1.82) is 0 Å². The van der Waals surface area contributed by atoms with Gasteiger partial charge in [0.25, 0.3) is 5.91 Å². The summed E-state index contributed by atoms with van der Waals surface area (Å²) >= 11 is 6.00. The van der Waals surface area contributed by atoms with Gasteiger partial charge in [0, 0.05) is 11.9 Å². The third-order valence-corrected chi connectivity index (χ3v) is 3.95. The highest BCUT2D eigenvalue weighted by atomic mass is 35.5. The number of hydrogen-bond donors (Lipinski definition) is 1. The summed E-state index contributed by atoms with van der Waals surface area (Å²) in [6.07, 6.45) is 1.36. The van der Waals surface area contributed by atoms with E-state index in [0.717, 1.165) is 17.2 Å². The summed E-state index contributed by atoms with van der Waals surface area (Å²) in [6.45, 7) is 0.509. The zero-order valence-corrected chi connectivity index (χ0v) is 12.0. The number of benzene rings is 1. The van der Waals surface area contributed by atoms with E-state index in [2.05, 4.69) is 4.98 Å². The van der Waals surface area contributed by atoms with Crippen LogP contribution in [0.25, 0.3) is 10.8 Å². The van der Waals surface area contributed by atoms with Crippen molar-refractivity contribution in [3.63, 3.8) is 0 Å². The molecule has 0 spiro atoms. The Kier molecular flexibility index (Phi) is 3.51. The Balaban J connectivity index is 2.07. The van der Waals surface area contributed by atoms with Crippen molar-refractivity contribution in [3.8, 4) is 0 Å². The predicted octanol–water partition coefficient (Wildman–Crippen LogP) is 1.98. The number of nitrogens with two attached hydrogens (primary N) is 1. The van der Waals surface area contributed by atoms with Gasteiger partial charge in [-0.25, -0.2) is 4.98 Å². The van der Waals surface area contributed by atoms with Gasteiger partial charge in [-0.15, -0.1) is 0 Å². The van der Waals surface area contributed by atoms with Crippen molar-refractivity contribution in [3.05, 3.63) is 41.2 Å². The monoisotopic (exact) mass is 303 g/mol. The first-order valence-electron chi connectivity index (χ1n) is 6.73. The lowest BCUT2D eigenvalue weighted by Gasteiger charge is -2.22. The van der Waals surface area contributed by atoms with Gasteiger partial charge in [-0.05, 0) is 24.3 Å². The smallest absolute Gasteiger partial charge is 0.273 e. The van der Waals surface area contributed by atoms with Crippen LogP contribution in [0.1, 0.15) is 23.3 Å². The minimum atomic E-state index is -0.558. The van der Waals surface area contributed by atoms with Crippen LogP contribution in [0, 0.1) is 0 Å². The number of likely N-dealkylation sites (tertiary alicyclic amines) is 1. The highest BCUT2D eigenvalue weighted by molar-refractivity contribution is 6.30. The van der Waals surface area contributed by atoms with Gasteiger partial charge in [-0.2, -0.15) is 0 Å². The molecule has 1 unspecified atom stereocenters. The molecule has 0 saturated carbocycles. The molecule has 21 heavy (non-hydrogen) atoms. The van der Waals surface area contributed by atoms with E-state index in [1.54, 1.807) is 6.07 Å². The van der Waals surface area contributed by atoms with Gasteiger partial charge in [-0.1, -0.05) is 35.9 Å². The number of amides is 2. The first-order valence-corrected chi connectivity index (χ1v) is 7.11. The SMILES string of the molecule is NC(=O)C1CCCN1C(=O)c1nc(Cl)cc2ccccc12. The lowest BCUT2D eigenvalue weighted by atomic mass is 10.1. The maximum Gasteiger partial charge on any atom is 0.273 e. The van der Waals surface area contributed by atoms with Crippen LogP contribution in [0.3, 0.4) is 0 Å². The average molecular weight is 304 g/mol. The van der Waals surface area contributed by atoms with Crippen molar-refractivity contribution in [2.45, 2.75) is 18.9 Å². The fraction of sp³-hybridized carbons (Fsp3) is 0.267. The molecular weight excluding hydrogens is 290 g/mol. The number of pyridine rings is 1. The molecule has 1 saturated heterocycles. The number of hydrogen-bond acceptors (Lipinski definition) is 3. The lowest BCUT2D eigenvalue weighted by Crippen LogP contribution is -2.44. The van der Waals surface area contributed by atoms with E-state index in [0.29, 0.717) is 13.0 Å². The molecule has 1 aliphatic rings. The fourth-order valence-electron chi connectivity index (χ4n) is 2.77. The Bertz CT molecular complexity index is 732. The highest BCUT2D eigenvalue weighted by Crippen LogP contribution is 2.25. The van der Waals surface area contributed by atoms with E-state index in [9.17, 15) is 9.59 Å². The number of fused-ring (bicyclic) bond motifs is 1. The Morgan fingerprint density at radius 2 is 2.10 bits per heavy atom. The molecule has 6 heteroatoms. The van der Waals surface area contributed by atoms with Crippen LogP contribution in [-0.2, 0) is 4.79 Å². The van der Waals surface area contributed by atoms with Gasteiger partial charge in [0.1, 0.15) is 16.9 Å². The Morgan fingerprint density at radius 3 is 2.86 bits per heavy atom. The number of rotatable bonds is 2. The van der Waals surface area contributed by atoms with E-state index in [1.807, 2.05) is 24.3 Å². The molecule has 1 aromatic carbocycles. The number of primary amides is 1. The van der Waals surface area contributed by atoms with E-state index in [4.69, 9.17) is 17.3 Å².